The number of methoxy groups -OCH3 is 2. The number of aromatic nitrogens is 4. The van der Waals surface area contributed by atoms with Crippen LogP contribution in [0.1, 0.15) is 82.2 Å². The summed E-state index contributed by atoms with van der Waals surface area (Å²) in [7, 11) is 3.19. The molecule has 2 aromatic carbocycles. The lowest BCUT2D eigenvalue weighted by Gasteiger charge is -2.48. The molecule has 4 saturated heterocycles. The molecule has 8 heterocycles. The second-order valence-corrected chi connectivity index (χ2v) is 20.0. The third-order valence-corrected chi connectivity index (χ3v) is 14.5. The predicted octanol–water partition coefficient (Wildman–Crippen LogP) is 8.90. The minimum Gasteiger partial charge on any atom is -0.497 e. The molecule has 5 aromatic rings. The number of nitrogens with zero attached hydrogens (tertiary/aromatic N) is 8. The molecule has 0 aliphatic carbocycles. The molecule has 0 spiro atoms. The molecule has 5 aliphatic heterocycles. The van der Waals surface area contributed by atoms with E-state index in [9.17, 15) is 9.18 Å². The average Bonchev–Trinajstić information content (AvgIpc) is 3.92. The van der Waals surface area contributed by atoms with Gasteiger partial charge in [-0.2, -0.15) is 9.97 Å². The number of aryl methyl sites for hydroxylation is 1. The molecule has 10 rings (SSSR count). The normalized spacial score (nSPS) is 24.1. The summed E-state index contributed by atoms with van der Waals surface area (Å²) in [5.41, 5.74) is 0.790. The molecule has 3 aromatic heterocycles. The Morgan fingerprint density at radius 3 is 2.24 bits per heavy atom. The summed E-state index contributed by atoms with van der Waals surface area (Å²) in [5.74, 6) is 0.0746. The molecule has 5 aliphatic rings. The zero-order valence-corrected chi connectivity index (χ0v) is 39.9. The molecule has 17 heteroatoms. The molecule has 0 N–H and O–H groups in total. The fraction of sp³-hybridized carbons (Fsp3) is 0.510. The van der Waals surface area contributed by atoms with Gasteiger partial charge in [0.2, 0.25) is 5.88 Å². The maximum Gasteiger partial charge on any atom is 0.410 e. The fourth-order valence-corrected chi connectivity index (χ4v) is 11.2. The molecule has 68 heavy (non-hydrogen) atoms. The number of hydrogen-bond donors (Lipinski definition) is 0. The van der Waals surface area contributed by atoms with E-state index in [1.165, 1.54) is 0 Å². The van der Waals surface area contributed by atoms with Crippen LogP contribution < -0.4 is 28.7 Å². The van der Waals surface area contributed by atoms with Crippen LogP contribution in [0.25, 0.3) is 22.2 Å². The van der Waals surface area contributed by atoms with Crippen molar-refractivity contribution in [2.24, 2.45) is 0 Å². The summed E-state index contributed by atoms with van der Waals surface area (Å²) >= 11 is 0. The Kier molecular flexibility index (Phi) is 11.7. The van der Waals surface area contributed by atoms with Gasteiger partial charge in [0.1, 0.15) is 58.4 Å². The summed E-state index contributed by atoms with van der Waals surface area (Å²) < 4.78 is 80.9. The summed E-state index contributed by atoms with van der Waals surface area (Å²) in [4.78, 5) is 41.2. The lowest BCUT2D eigenvalue weighted by Crippen LogP contribution is -2.65. The van der Waals surface area contributed by atoms with E-state index < -0.39 is 47.2 Å². The van der Waals surface area contributed by atoms with E-state index in [0.29, 0.717) is 54.5 Å². The van der Waals surface area contributed by atoms with Crippen molar-refractivity contribution in [2.45, 2.75) is 128 Å². The highest BCUT2D eigenvalue weighted by molar-refractivity contribution is 5.98. The minimum absolute atomic E-state index is 0.00193. The molecule has 0 radical (unpaired) electrons. The quantitative estimate of drug-likeness (QED) is 0.125. The molecule has 360 valence electrons. The van der Waals surface area contributed by atoms with Gasteiger partial charge in [0.25, 0.3) is 0 Å². The number of benzene rings is 2. The van der Waals surface area contributed by atoms with Crippen molar-refractivity contribution in [1.82, 2.24) is 29.7 Å². The molecular weight excluding hydrogens is 878 g/mol. The van der Waals surface area contributed by atoms with Crippen molar-refractivity contribution >= 4 is 28.6 Å². The largest absolute Gasteiger partial charge is 0.497 e. The molecule has 2 bridgehead atoms. The number of carbonyl (C=O) groups is 1. The van der Waals surface area contributed by atoms with Crippen LogP contribution in [0.4, 0.5) is 29.6 Å². The maximum absolute atomic E-state index is 18.0. The highest BCUT2D eigenvalue weighted by atomic mass is 19.1. The topological polar surface area (TPSA) is 128 Å². The van der Waals surface area contributed by atoms with Gasteiger partial charge in [0.05, 0.1) is 37.9 Å². The average molecular weight is 937 g/mol. The third kappa shape index (κ3) is 8.13. The van der Waals surface area contributed by atoms with Crippen LogP contribution >= 0.6 is 0 Å². The van der Waals surface area contributed by atoms with Gasteiger partial charge in [-0.3, -0.25) is 9.80 Å². The number of hydrogen-bond acceptors (Lipinski definition) is 13. The Hall–Kier alpha value is -6.10. The second-order valence-electron chi connectivity index (χ2n) is 20.0. The summed E-state index contributed by atoms with van der Waals surface area (Å²) in [5, 5.41) is 0.216. The number of piperazine rings is 1. The number of fused-ring (bicyclic) bond motifs is 6. The molecule has 1 unspecified atom stereocenters. The Balaban J connectivity index is 1.11. The summed E-state index contributed by atoms with van der Waals surface area (Å²) in [6, 6.07) is 13.9. The lowest BCUT2D eigenvalue weighted by atomic mass is 9.95. The first-order chi connectivity index (χ1) is 32.5. The van der Waals surface area contributed by atoms with Crippen molar-refractivity contribution in [3.05, 3.63) is 82.5 Å². The van der Waals surface area contributed by atoms with Gasteiger partial charge < -0.3 is 33.5 Å². The Morgan fingerprint density at radius 1 is 0.912 bits per heavy atom. The van der Waals surface area contributed by atoms with Crippen molar-refractivity contribution < 1.29 is 41.7 Å². The number of anilines is 2. The van der Waals surface area contributed by atoms with Crippen molar-refractivity contribution in [3.8, 4) is 34.6 Å². The number of amides is 1. The monoisotopic (exact) mass is 936 g/mol. The lowest BCUT2D eigenvalue weighted by molar-refractivity contribution is 0.000932. The van der Waals surface area contributed by atoms with Crippen molar-refractivity contribution in [2.75, 3.05) is 50.3 Å². The van der Waals surface area contributed by atoms with Crippen molar-refractivity contribution in [3.63, 3.8) is 0 Å². The van der Waals surface area contributed by atoms with Gasteiger partial charge in [0, 0.05) is 43.9 Å². The molecule has 0 saturated carbocycles. The van der Waals surface area contributed by atoms with Crippen LogP contribution in [0, 0.1) is 25.5 Å². The van der Waals surface area contributed by atoms with E-state index in [1.54, 1.807) is 28.1 Å². The minimum atomic E-state index is -0.985. The highest BCUT2D eigenvalue weighted by Crippen LogP contribution is 2.48. The molecular formula is C51H59F3N8O6. The van der Waals surface area contributed by atoms with E-state index >= 15 is 8.78 Å². The summed E-state index contributed by atoms with van der Waals surface area (Å²) in [6.07, 6.45) is 1.36. The van der Waals surface area contributed by atoms with Gasteiger partial charge in [-0.05, 0) is 115 Å². The van der Waals surface area contributed by atoms with Crippen LogP contribution in [0.5, 0.6) is 23.4 Å². The van der Waals surface area contributed by atoms with E-state index in [1.807, 2.05) is 86.0 Å². The van der Waals surface area contributed by atoms with E-state index in [-0.39, 0.29) is 71.6 Å². The first kappa shape index (κ1) is 45.7. The summed E-state index contributed by atoms with van der Waals surface area (Å²) in [6.45, 7) is 12.9. The van der Waals surface area contributed by atoms with Crippen LogP contribution in [-0.4, -0.2) is 118 Å². The zero-order valence-electron chi connectivity index (χ0n) is 39.9. The maximum atomic E-state index is 18.0. The standard InChI is InChI=1S/C51H59F3N8O6/c1-28-29(2)55-46(59(23-31-10-15-35(64-7)16-11-31)24-32-12-17-36(65-8)18-13-32)40(53)38(28)42-41(54)43-39-45(58-48(57-43)66-27-51-20-9-21-60(51)25-33(52)22-51)61-26-34-14-19-37(44(61)30(3)67-47(39)56-42)62(34)49(63)68-50(4,5)6/h10-13,15-18,30,33-34,37,44H,9,14,19-27H2,1-8H3/t30-,33+,34+,37-,44+,51?/m0/s1. The highest BCUT2D eigenvalue weighted by Gasteiger charge is 2.54. The van der Waals surface area contributed by atoms with Gasteiger partial charge in [-0.1, -0.05) is 24.3 Å². The van der Waals surface area contributed by atoms with Gasteiger partial charge >= 0.3 is 12.1 Å². The van der Waals surface area contributed by atoms with Crippen molar-refractivity contribution in [1.29, 1.82) is 0 Å². The Bertz CT molecular complexity index is 2690. The van der Waals surface area contributed by atoms with E-state index in [2.05, 4.69) is 9.80 Å². The van der Waals surface area contributed by atoms with Gasteiger partial charge in [0.15, 0.2) is 17.5 Å². The number of ether oxygens (including phenoxy) is 5. The van der Waals surface area contributed by atoms with Crippen LogP contribution in [-0.2, 0) is 17.8 Å². The zero-order chi connectivity index (χ0) is 47.8. The fourth-order valence-electron chi connectivity index (χ4n) is 11.2. The van der Waals surface area contributed by atoms with Crippen LogP contribution in [0.2, 0.25) is 0 Å². The molecule has 6 atom stereocenters. The second kappa shape index (κ2) is 17.5. The first-order valence-electron chi connectivity index (χ1n) is 23.6. The molecule has 1 amide bonds. The number of halogens is 3. The van der Waals surface area contributed by atoms with E-state index in [4.69, 9.17) is 43.6 Å². The smallest absolute Gasteiger partial charge is 0.410 e. The molecule has 4 fully saturated rings. The Labute approximate surface area is 394 Å². The van der Waals surface area contributed by atoms with Crippen LogP contribution in [0.15, 0.2) is 48.5 Å². The van der Waals surface area contributed by atoms with E-state index in [0.717, 1.165) is 36.9 Å². The number of rotatable bonds is 11. The van der Waals surface area contributed by atoms with Gasteiger partial charge in [-0.15, -0.1) is 0 Å². The van der Waals surface area contributed by atoms with Crippen LogP contribution in [0.3, 0.4) is 0 Å². The number of alkyl halides is 1. The first-order valence-corrected chi connectivity index (χ1v) is 23.6. The molecule has 14 nitrogen and oxygen atoms in total. The number of carbonyl (C=O) groups excluding carboxylic acids is 1. The number of pyridine rings is 2. The van der Waals surface area contributed by atoms with Gasteiger partial charge in [-0.25, -0.2) is 27.9 Å². The predicted molar refractivity (Wildman–Crippen MR) is 250 cm³/mol. The third-order valence-electron chi connectivity index (χ3n) is 14.5. The Morgan fingerprint density at radius 2 is 1.59 bits per heavy atom. The SMILES string of the molecule is COc1ccc(CN(Cc2ccc(OC)cc2)c2nc(C)c(C)c(-c3nc4c5c(nc(OCC67CCCN6C[C@H](F)C7)nc5c3F)N3C[C@H]5CC[C@@H]([C@H]3[C@H](C)O4)N5C(=O)OC(C)(C)C)c2F)cc1.